The zero-order valence-electron chi connectivity index (χ0n) is 10.1. The van der Waals surface area contributed by atoms with Gasteiger partial charge in [0.1, 0.15) is 0 Å². The maximum Gasteiger partial charge on any atom is 0.00886 e. The maximum absolute atomic E-state index is 3.27. The van der Waals surface area contributed by atoms with E-state index in [2.05, 4.69) is 25.7 Å². The molecule has 0 saturated heterocycles. The molecule has 0 aliphatic carbocycles. The molecule has 0 bridgehead atoms. The van der Waals surface area contributed by atoms with Crippen LogP contribution in [-0.4, -0.2) is 0 Å². The second-order valence-electron chi connectivity index (χ2n) is 3.97. The van der Waals surface area contributed by atoms with E-state index in [0.29, 0.717) is 0 Å². The Labute approximate surface area is 90.5 Å². The Hall–Kier alpha value is -0.440. The summed E-state index contributed by atoms with van der Waals surface area (Å²) in [6.07, 6.45) is 13.0. The van der Waals surface area contributed by atoms with Crippen LogP contribution in [-0.2, 0) is 0 Å². The van der Waals surface area contributed by atoms with E-state index < -0.39 is 0 Å². The highest BCUT2D eigenvalue weighted by atomic mass is 13.9. The van der Waals surface area contributed by atoms with Gasteiger partial charge in [0, 0.05) is 12.8 Å². The second-order valence-corrected chi connectivity index (χ2v) is 3.97. The first-order chi connectivity index (χ1) is 6.91. The summed E-state index contributed by atoms with van der Waals surface area (Å²) in [6, 6.07) is 0. The third kappa shape index (κ3) is 11.6. The third-order valence-corrected chi connectivity index (χ3v) is 2.44. The highest BCUT2D eigenvalue weighted by Crippen LogP contribution is 2.03. The lowest BCUT2D eigenvalue weighted by Crippen LogP contribution is -1.76. The Morgan fingerprint density at radius 2 is 1.00 bits per heavy atom. The van der Waals surface area contributed by atoms with Gasteiger partial charge in [-0.25, -0.2) is 0 Å². The highest BCUT2D eigenvalue weighted by Gasteiger charge is 1.85. The van der Waals surface area contributed by atoms with Gasteiger partial charge in [0.2, 0.25) is 0 Å². The molecule has 0 heterocycles. The molecule has 0 amide bonds. The second kappa shape index (κ2) is 12.6. The summed E-state index contributed by atoms with van der Waals surface area (Å²) in [5.74, 6) is 6.54. The summed E-state index contributed by atoms with van der Waals surface area (Å²) in [4.78, 5) is 0. The molecule has 0 unspecified atom stereocenters. The van der Waals surface area contributed by atoms with Crippen molar-refractivity contribution in [3.8, 4) is 11.8 Å². The summed E-state index contributed by atoms with van der Waals surface area (Å²) < 4.78 is 0. The van der Waals surface area contributed by atoms with Crippen molar-refractivity contribution in [2.24, 2.45) is 0 Å². The van der Waals surface area contributed by atoms with Crippen LogP contribution in [0.15, 0.2) is 0 Å². The van der Waals surface area contributed by atoms with Gasteiger partial charge >= 0.3 is 0 Å². The molecule has 0 radical (unpaired) electrons. The van der Waals surface area contributed by atoms with E-state index in [1.165, 1.54) is 51.4 Å². The van der Waals surface area contributed by atoms with Crippen LogP contribution in [0.5, 0.6) is 0 Å². The molecule has 0 aromatic carbocycles. The fourth-order valence-corrected chi connectivity index (χ4v) is 1.46. The minimum absolute atomic E-state index is 1.12. The van der Waals surface area contributed by atoms with E-state index in [4.69, 9.17) is 0 Å². The van der Waals surface area contributed by atoms with Crippen LogP contribution >= 0.6 is 0 Å². The van der Waals surface area contributed by atoms with Gasteiger partial charge in [0.05, 0.1) is 0 Å². The van der Waals surface area contributed by atoms with Gasteiger partial charge in [-0.3, -0.25) is 0 Å². The molecule has 0 atom stereocenters. The minimum Gasteiger partial charge on any atom is -0.103 e. The topological polar surface area (TPSA) is 0 Å². The van der Waals surface area contributed by atoms with Crippen molar-refractivity contribution >= 4 is 0 Å². The molecule has 0 rings (SSSR count). The SMILES string of the molecule is CCCCCCC#CCCCCCC. The summed E-state index contributed by atoms with van der Waals surface area (Å²) in [5, 5.41) is 0. The van der Waals surface area contributed by atoms with E-state index in [9.17, 15) is 0 Å². The molecule has 0 spiro atoms. The maximum atomic E-state index is 3.27. The van der Waals surface area contributed by atoms with Gasteiger partial charge < -0.3 is 0 Å². The first-order valence-corrected chi connectivity index (χ1v) is 6.37. The van der Waals surface area contributed by atoms with Gasteiger partial charge in [0.15, 0.2) is 0 Å². The van der Waals surface area contributed by atoms with Crippen molar-refractivity contribution in [1.82, 2.24) is 0 Å². The zero-order valence-corrected chi connectivity index (χ0v) is 10.1. The van der Waals surface area contributed by atoms with E-state index in [-0.39, 0.29) is 0 Å². The van der Waals surface area contributed by atoms with Crippen LogP contribution < -0.4 is 0 Å². The Bertz CT molecular complexity index is 131. The van der Waals surface area contributed by atoms with E-state index in [0.717, 1.165) is 12.8 Å². The molecule has 0 aliphatic heterocycles. The largest absolute Gasteiger partial charge is 0.103 e. The van der Waals surface area contributed by atoms with Crippen LogP contribution in [0.2, 0.25) is 0 Å². The first kappa shape index (κ1) is 13.6. The van der Waals surface area contributed by atoms with Gasteiger partial charge in [-0.1, -0.05) is 52.4 Å². The van der Waals surface area contributed by atoms with Crippen molar-refractivity contribution in [1.29, 1.82) is 0 Å². The van der Waals surface area contributed by atoms with E-state index in [1.54, 1.807) is 0 Å². The lowest BCUT2D eigenvalue weighted by atomic mass is 10.1. The molecule has 82 valence electrons. The lowest BCUT2D eigenvalue weighted by molar-refractivity contribution is 0.674. The molecule has 0 aromatic heterocycles. The highest BCUT2D eigenvalue weighted by molar-refractivity contribution is 4.98. The smallest absolute Gasteiger partial charge is 0.00886 e. The Kier molecular flexibility index (Phi) is 12.2. The fraction of sp³-hybridized carbons (Fsp3) is 0.857. The zero-order chi connectivity index (χ0) is 10.5. The Balaban J connectivity index is 3.03. The summed E-state index contributed by atoms with van der Waals surface area (Å²) in [5.41, 5.74) is 0. The average molecular weight is 194 g/mol. The third-order valence-electron chi connectivity index (χ3n) is 2.44. The number of unbranched alkanes of at least 4 members (excludes halogenated alkanes) is 8. The van der Waals surface area contributed by atoms with E-state index >= 15 is 0 Å². The molecular formula is C14H26. The van der Waals surface area contributed by atoms with Crippen LogP contribution in [0.4, 0.5) is 0 Å². The quantitative estimate of drug-likeness (QED) is 0.379. The summed E-state index contributed by atoms with van der Waals surface area (Å²) in [6.45, 7) is 4.50. The molecule has 0 aliphatic rings. The minimum atomic E-state index is 1.12. The standard InChI is InChI=1S/C14H26/c1-3-5-7-9-11-13-14-12-10-8-6-4-2/h3-12H2,1-2H3. The summed E-state index contributed by atoms with van der Waals surface area (Å²) in [7, 11) is 0. The molecular weight excluding hydrogens is 168 g/mol. The van der Waals surface area contributed by atoms with Crippen LogP contribution in [0.1, 0.15) is 78.1 Å². The number of hydrogen-bond donors (Lipinski definition) is 0. The van der Waals surface area contributed by atoms with Crippen molar-refractivity contribution in [3.05, 3.63) is 0 Å². The molecule has 14 heavy (non-hydrogen) atoms. The van der Waals surface area contributed by atoms with Gasteiger partial charge in [-0.15, -0.1) is 11.8 Å². The van der Waals surface area contributed by atoms with E-state index in [1.807, 2.05) is 0 Å². The average Bonchev–Trinajstić information content (AvgIpc) is 2.21. The fourth-order valence-electron chi connectivity index (χ4n) is 1.46. The van der Waals surface area contributed by atoms with Crippen molar-refractivity contribution < 1.29 is 0 Å². The molecule has 0 saturated carbocycles. The Morgan fingerprint density at radius 3 is 1.36 bits per heavy atom. The Morgan fingerprint density at radius 1 is 0.571 bits per heavy atom. The van der Waals surface area contributed by atoms with Crippen molar-refractivity contribution in [3.63, 3.8) is 0 Å². The number of hydrogen-bond acceptors (Lipinski definition) is 0. The molecule has 0 N–H and O–H groups in total. The molecule has 0 heteroatoms. The van der Waals surface area contributed by atoms with Crippen LogP contribution in [0.3, 0.4) is 0 Å². The molecule has 0 fully saturated rings. The molecule has 0 nitrogen and oxygen atoms in total. The number of rotatable bonds is 8. The lowest BCUT2D eigenvalue weighted by Gasteiger charge is -1.93. The molecule has 0 aromatic rings. The van der Waals surface area contributed by atoms with Gasteiger partial charge in [-0.05, 0) is 12.8 Å². The predicted molar refractivity (Wildman–Crippen MR) is 65.3 cm³/mol. The van der Waals surface area contributed by atoms with Crippen molar-refractivity contribution in [2.75, 3.05) is 0 Å². The first-order valence-electron chi connectivity index (χ1n) is 6.37. The van der Waals surface area contributed by atoms with Crippen LogP contribution in [0, 0.1) is 11.8 Å². The monoisotopic (exact) mass is 194 g/mol. The van der Waals surface area contributed by atoms with Crippen molar-refractivity contribution in [2.45, 2.75) is 78.1 Å². The van der Waals surface area contributed by atoms with Crippen LogP contribution in [0.25, 0.3) is 0 Å². The summed E-state index contributed by atoms with van der Waals surface area (Å²) >= 11 is 0. The predicted octanol–water partition coefficient (Wildman–Crippen LogP) is 4.93. The normalized spacial score (nSPS) is 9.57. The van der Waals surface area contributed by atoms with Gasteiger partial charge in [-0.2, -0.15) is 0 Å². The van der Waals surface area contributed by atoms with Gasteiger partial charge in [0.25, 0.3) is 0 Å².